The molecule has 3 amide bonds. The molecule has 2 fully saturated rings. The molecule has 0 aromatic carbocycles. The topological polar surface area (TPSA) is 69.6 Å². The summed E-state index contributed by atoms with van der Waals surface area (Å²) >= 11 is 0. The molecule has 1 heterocycles. The van der Waals surface area contributed by atoms with Crippen molar-refractivity contribution >= 4 is 11.9 Å². The van der Waals surface area contributed by atoms with Crippen molar-refractivity contribution in [3.05, 3.63) is 0 Å². The van der Waals surface area contributed by atoms with Crippen LogP contribution in [0.2, 0.25) is 0 Å². The minimum absolute atomic E-state index is 0.181. The van der Waals surface area contributed by atoms with Gasteiger partial charge in [-0.25, -0.2) is 4.79 Å². The molecule has 1 atom stereocenters. The van der Waals surface area contributed by atoms with Gasteiger partial charge >= 0.3 is 6.03 Å². The number of hydrogen-bond acceptors (Lipinski definition) is 3. The fourth-order valence-electron chi connectivity index (χ4n) is 1.59. The molecule has 2 aliphatic rings. The third kappa shape index (κ3) is 1.03. The Morgan fingerprint density at radius 3 is 2.62 bits per heavy atom. The second kappa shape index (κ2) is 2.45. The molecule has 1 aliphatic carbocycles. The first-order valence-corrected chi connectivity index (χ1v) is 4.37. The molecule has 1 spiro atoms. The van der Waals surface area contributed by atoms with E-state index in [4.69, 9.17) is 5.11 Å². The number of aliphatic hydroxyl groups excluding tert-OH is 1. The first-order valence-electron chi connectivity index (χ1n) is 4.37. The highest BCUT2D eigenvalue weighted by atomic mass is 16.3. The number of nitrogens with one attached hydrogen (secondary N) is 1. The quantitative estimate of drug-likeness (QED) is 0.566. The van der Waals surface area contributed by atoms with Crippen molar-refractivity contribution in [3.63, 3.8) is 0 Å². The molecule has 1 aliphatic heterocycles. The number of nitrogens with zero attached hydrogens (tertiary/aromatic N) is 1. The molecule has 1 unspecified atom stereocenters. The molecule has 72 valence electrons. The van der Waals surface area contributed by atoms with Crippen LogP contribution in [0.4, 0.5) is 4.79 Å². The second-order valence-electron chi connectivity index (χ2n) is 3.72. The van der Waals surface area contributed by atoms with Crippen LogP contribution in [-0.4, -0.2) is 40.1 Å². The highest BCUT2D eigenvalue weighted by Crippen LogP contribution is 2.41. The number of hydrogen-bond donors (Lipinski definition) is 2. The Hall–Kier alpha value is -1.10. The van der Waals surface area contributed by atoms with Crippen LogP contribution >= 0.6 is 0 Å². The van der Waals surface area contributed by atoms with Crippen molar-refractivity contribution in [1.29, 1.82) is 0 Å². The van der Waals surface area contributed by atoms with E-state index in [1.165, 1.54) is 0 Å². The molecule has 0 radical (unpaired) electrons. The lowest BCUT2D eigenvalue weighted by Crippen LogP contribution is -2.41. The van der Waals surface area contributed by atoms with Crippen LogP contribution < -0.4 is 5.32 Å². The van der Waals surface area contributed by atoms with Crippen molar-refractivity contribution in [2.45, 2.75) is 31.3 Å². The van der Waals surface area contributed by atoms with Gasteiger partial charge in [0.2, 0.25) is 0 Å². The predicted octanol–water partition coefficient (Wildman–Crippen LogP) is -0.548. The second-order valence-corrected chi connectivity index (χ2v) is 3.72. The fourth-order valence-corrected chi connectivity index (χ4v) is 1.59. The minimum Gasteiger partial charge on any atom is -0.394 e. The maximum Gasteiger partial charge on any atom is 0.325 e. The average molecular weight is 184 g/mol. The Bertz CT molecular complexity index is 273. The lowest BCUT2D eigenvalue weighted by atomic mass is 10.2. The Balaban J connectivity index is 2.20. The first kappa shape index (κ1) is 8.50. The SMILES string of the molecule is CC(CO)N1C(=O)NC2(CC2)C1=O. The largest absolute Gasteiger partial charge is 0.394 e. The summed E-state index contributed by atoms with van der Waals surface area (Å²) in [6.07, 6.45) is 1.46. The van der Waals surface area contributed by atoms with Gasteiger partial charge in [-0.1, -0.05) is 0 Å². The molecule has 13 heavy (non-hydrogen) atoms. The Morgan fingerprint density at radius 2 is 2.23 bits per heavy atom. The summed E-state index contributed by atoms with van der Waals surface area (Å²) in [6, 6.07) is -0.795. The summed E-state index contributed by atoms with van der Waals surface area (Å²) < 4.78 is 0. The lowest BCUT2D eigenvalue weighted by Gasteiger charge is -2.18. The fraction of sp³-hybridized carbons (Fsp3) is 0.750. The molecule has 2 N–H and O–H groups in total. The van der Waals surface area contributed by atoms with Gasteiger partial charge in [-0.3, -0.25) is 9.69 Å². The van der Waals surface area contributed by atoms with Crippen LogP contribution in [0.5, 0.6) is 0 Å². The molecule has 5 nitrogen and oxygen atoms in total. The maximum absolute atomic E-state index is 11.6. The van der Waals surface area contributed by atoms with Gasteiger partial charge < -0.3 is 10.4 Å². The molecular weight excluding hydrogens is 172 g/mol. The van der Waals surface area contributed by atoms with E-state index in [2.05, 4.69) is 5.32 Å². The van der Waals surface area contributed by atoms with Crippen molar-refractivity contribution in [2.24, 2.45) is 0 Å². The molecule has 0 bridgehead atoms. The van der Waals surface area contributed by atoms with E-state index >= 15 is 0 Å². The number of carbonyl (C=O) groups is 2. The molecular formula is C8H12N2O3. The number of imide groups is 1. The van der Waals surface area contributed by atoms with Gasteiger partial charge in [0.15, 0.2) is 0 Å². The monoisotopic (exact) mass is 184 g/mol. The number of rotatable bonds is 2. The van der Waals surface area contributed by atoms with Crippen LogP contribution in [0.25, 0.3) is 0 Å². The van der Waals surface area contributed by atoms with Crippen LogP contribution in [0.1, 0.15) is 19.8 Å². The van der Waals surface area contributed by atoms with Gasteiger partial charge in [0.05, 0.1) is 12.6 Å². The maximum atomic E-state index is 11.6. The van der Waals surface area contributed by atoms with Crippen LogP contribution in [-0.2, 0) is 4.79 Å². The zero-order chi connectivity index (χ0) is 9.64. The predicted molar refractivity (Wildman–Crippen MR) is 43.9 cm³/mol. The molecule has 2 rings (SSSR count). The molecule has 1 saturated heterocycles. The van der Waals surface area contributed by atoms with E-state index in [0.717, 1.165) is 17.7 Å². The average Bonchev–Trinajstić information content (AvgIpc) is 2.80. The smallest absolute Gasteiger partial charge is 0.325 e. The Morgan fingerprint density at radius 1 is 1.62 bits per heavy atom. The highest BCUT2D eigenvalue weighted by Gasteiger charge is 2.60. The first-order chi connectivity index (χ1) is 6.10. The summed E-state index contributed by atoms with van der Waals surface area (Å²) in [5.41, 5.74) is -0.597. The number of amides is 3. The molecule has 1 saturated carbocycles. The van der Waals surface area contributed by atoms with Gasteiger partial charge in [0.25, 0.3) is 5.91 Å². The standard InChI is InChI=1S/C8H12N2O3/c1-5(4-11)10-6(12)8(2-3-8)9-7(10)13/h5,11H,2-4H2,1H3,(H,9,13). The van der Waals surface area contributed by atoms with Crippen molar-refractivity contribution in [1.82, 2.24) is 10.2 Å². The lowest BCUT2D eigenvalue weighted by molar-refractivity contribution is -0.130. The third-order valence-corrected chi connectivity index (χ3v) is 2.65. The normalized spacial score (nSPS) is 26.5. The van der Waals surface area contributed by atoms with E-state index in [1.54, 1.807) is 6.92 Å². The van der Waals surface area contributed by atoms with Gasteiger partial charge in [0.1, 0.15) is 5.54 Å². The van der Waals surface area contributed by atoms with Gasteiger partial charge in [-0.15, -0.1) is 0 Å². The summed E-state index contributed by atoms with van der Waals surface area (Å²) in [5, 5.41) is 11.5. The highest BCUT2D eigenvalue weighted by molar-refractivity contribution is 6.09. The Kier molecular flexibility index (Phi) is 1.60. The zero-order valence-electron chi connectivity index (χ0n) is 7.41. The van der Waals surface area contributed by atoms with E-state index in [-0.39, 0.29) is 18.5 Å². The third-order valence-electron chi connectivity index (χ3n) is 2.65. The summed E-state index contributed by atoms with van der Waals surface area (Å²) in [5.74, 6) is -0.181. The van der Waals surface area contributed by atoms with E-state index < -0.39 is 11.6 Å². The molecule has 5 heteroatoms. The van der Waals surface area contributed by atoms with E-state index in [1.807, 2.05) is 0 Å². The van der Waals surface area contributed by atoms with Crippen LogP contribution in [0, 0.1) is 0 Å². The number of carbonyl (C=O) groups excluding carboxylic acids is 2. The summed E-state index contributed by atoms with van der Waals surface area (Å²) in [4.78, 5) is 24.1. The number of aliphatic hydroxyl groups is 1. The van der Waals surface area contributed by atoms with Gasteiger partial charge in [0, 0.05) is 0 Å². The minimum atomic E-state index is -0.597. The molecule has 0 aromatic rings. The van der Waals surface area contributed by atoms with Crippen molar-refractivity contribution in [3.8, 4) is 0 Å². The van der Waals surface area contributed by atoms with Crippen LogP contribution in [0.15, 0.2) is 0 Å². The van der Waals surface area contributed by atoms with Crippen LogP contribution in [0.3, 0.4) is 0 Å². The van der Waals surface area contributed by atoms with Crippen molar-refractivity contribution in [2.75, 3.05) is 6.61 Å². The zero-order valence-corrected chi connectivity index (χ0v) is 7.41. The Labute approximate surface area is 75.7 Å². The summed E-state index contributed by atoms with van der Waals surface area (Å²) in [7, 11) is 0. The molecule has 0 aromatic heterocycles. The van der Waals surface area contributed by atoms with Gasteiger partial charge in [-0.2, -0.15) is 0 Å². The number of urea groups is 1. The summed E-state index contributed by atoms with van der Waals surface area (Å²) in [6.45, 7) is 1.47. The van der Waals surface area contributed by atoms with Crippen molar-refractivity contribution < 1.29 is 14.7 Å². The van der Waals surface area contributed by atoms with E-state index in [9.17, 15) is 9.59 Å². The van der Waals surface area contributed by atoms with Gasteiger partial charge in [-0.05, 0) is 19.8 Å². The van der Waals surface area contributed by atoms with E-state index in [0.29, 0.717) is 0 Å².